The van der Waals surface area contributed by atoms with E-state index in [4.69, 9.17) is 4.74 Å². The Bertz CT molecular complexity index is 474. The second-order valence-electron chi connectivity index (χ2n) is 5.32. The SMILES string of the molecule is CCOC1(C(=O)Cc2ccc(F)cc2F)CCCCC1. The van der Waals surface area contributed by atoms with Gasteiger partial charge in [0, 0.05) is 19.1 Å². The van der Waals surface area contributed by atoms with Crippen molar-refractivity contribution in [2.45, 2.75) is 51.0 Å². The normalized spacial score (nSPS) is 17.9. The quantitative estimate of drug-likeness (QED) is 0.820. The highest BCUT2D eigenvalue weighted by Gasteiger charge is 2.39. The fourth-order valence-corrected chi connectivity index (χ4v) is 2.90. The molecule has 1 aliphatic rings. The third-order valence-electron chi connectivity index (χ3n) is 3.96. The van der Waals surface area contributed by atoms with Crippen LogP contribution in [0.3, 0.4) is 0 Å². The van der Waals surface area contributed by atoms with Crippen molar-refractivity contribution in [3.63, 3.8) is 0 Å². The molecular formula is C16H20F2O2. The predicted molar refractivity (Wildman–Crippen MR) is 72.5 cm³/mol. The van der Waals surface area contributed by atoms with E-state index in [-0.39, 0.29) is 17.8 Å². The number of halogens is 2. The summed E-state index contributed by atoms with van der Waals surface area (Å²) in [4.78, 5) is 12.5. The van der Waals surface area contributed by atoms with Crippen LogP contribution in [0.4, 0.5) is 8.78 Å². The zero-order chi connectivity index (χ0) is 14.6. The molecule has 110 valence electrons. The maximum Gasteiger partial charge on any atom is 0.169 e. The molecule has 0 saturated heterocycles. The smallest absolute Gasteiger partial charge is 0.169 e. The highest BCUT2D eigenvalue weighted by molar-refractivity contribution is 5.89. The molecule has 1 aliphatic carbocycles. The fourth-order valence-electron chi connectivity index (χ4n) is 2.90. The Morgan fingerprint density at radius 3 is 2.55 bits per heavy atom. The van der Waals surface area contributed by atoms with Crippen LogP contribution in [0, 0.1) is 11.6 Å². The third-order valence-corrected chi connectivity index (χ3v) is 3.96. The van der Waals surface area contributed by atoms with E-state index in [1.165, 1.54) is 12.1 Å². The Kier molecular flexibility index (Phi) is 4.86. The van der Waals surface area contributed by atoms with Crippen LogP contribution in [0.2, 0.25) is 0 Å². The van der Waals surface area contributed by atoms with E-state index in [9.17, 15) is 13.6 Å². The largest absolute Gasteiger partial charge is 0.367 e. The molecule has 0 radical (unpaired) electrons. The van der Waals surface area contributed by atoms with Crippen molar-refractivity contribution in [1.29, 1.82) is 0 Å². The second kappa shape index (κ2) is 6.44. The summed E-state index contributed by atoms with van der Waals surface area (Å²) in [5, 5.41) is 0. The first-order valence-electron chi connectivity index (χ1n) is 7.18. The van der Waals surface area contributed by atoms with E-state index >= 15 is 0 Å². The minimum atomic E-state index is -0.770. The minimum Gasteiger partial charge on any atom is -0.367 e. The van der Waals surface area contributed by atoms with Gasteiger partial charge in [0.1, 0.15) is 17.2 Å². The zero-order valence-corrected chi connectivity index (χ0v) is 11.8. The summed E-state index contributed by atoms with van der Waals surface area (Å²) < 4.78 is 32.3. The average molecular weight is 282 g/mol. The Morgan fingerprint density at radius 1 is 1.25 bits per heavy atom. The maximum atomic E-state index is 13.7. The van der Waals surface area contributed by atoms with Gasteiger partial charge in [-0.1, -0.05) is 25.3 Å². The van der Waals surface area contributed by atoms with Crippen LogP contribution in [0.1, 0.15) is 44.6 Å². The highest BCUT2D eigenvalue weighted by Crippen LogP contribution is 2.33. The monoisotopic (exact) mass is 282 g/mol. The Hall–Kier alpha value is -1.29. The standard InChI is InChI=1S/C16H20F2O2/c1-2-20-16(8-4-3-5-9-16)15(19)10-12-6-7-13(17)11-14(12)18/h6-7,11H,2-5,8-10H2,1H3. The molecule has 0 aliphatic heterocycles. The number of ketones is 1. The van der Waals surface area contributed by atoms with Gasteiger partial charge in [0.05, 0.1) is 0 Å². The lowest BCUT2D eigenvalue weighted by Gasteiger charge is -2.35. The second-order valence-corrected chi connectivity index (χ2v) is 5.32. The summed E-state index contributed by atoms with van der Waals surface area (Å²) in [7, 11) is 0. The van der Waals surface area contributed by atoms with Crippen LogP contribution in [0.15, 0.2) is 18.2 Å². The van der Waals surface area contributed by atoms with Crippen LogP contribution in [0.5, 0.6) is 0 Å². The minimum absolute atomic E-state index is 0.0356. The molecule has 0 spiro atoms. The predicted octanol–water partition coefficient (Wildman–Crippen LogP) is 3.82. The summed E-state index contributed by atoms with van der Waals surface area (Å²) in [6, 6.07) is 3.34. The van der Waals surface area contributed by atoms with E-state index < -0.39 is 17.2 Å². The Morgan fingerprint density at radius 2 is 1.95 bits per heavy atom. The average Bonchev–Trinajstić information content (AvgIpc) is 2.43. The van der Waals surface area contributed by atoms with Crippen LogP contribution in [-0.4, -0.2) is 18.0 Å². The van der Waals surface area contributed by atoms with Crippen molar-refractivity contribution in [3.8, 4) is 0 Å². The molecule has 0 heterocycles. The molecule has 4 heteroatoms. The number of ether oxygens (including phenoxy) is 1. The zero-order valence-electron chi connectivity index (χ0n) is 11.8. The molecule has 0 bridgehead atoms. The molecule has 0 aromatic heterocycles. The summed E-state index contributed by atoms with van der Waals surface area (Å²) in [6.45, 7) is 2.33. The van der Waals surface area contributed by atoms with Gasteiger partial charge in [-0.15, -0.1) is 0 Å². The summed E-state index contributed by atoms with van der Waals surface area (Å²) in [6.07, 6.45) is 4.37. The lowest BCUT2D eigenvalue weighted by Crippen LogP contribution is -2.44. The van der Waals surface area contributed by atoms with Gasteiger partial charge in [-0.05, 0) is 31.4 Å². The van der Waals surface area contributed by atoms with Gasteiger partial charge >= 0.3 is 0 Å². The summed E-state index contributed by atoms with van der Waals surface area (Å²) in [5.74, 6) is -1.39. The van der Waals surface area contributed by atoms with E-state index in [0.717, 1.165) is 25.3 Å². The molecule has 2 rings (SSSR count). The Labute approximate surface area is 118 Å². The first-order valence-corrected chi connectivity index (χ1v) is 7.18. The van der Waals surface area contributed by atoms with Crippen LogP contribution in [-0.2, 0) is 16.0 Å². The van der Waals surface area contributed by atoms with E-state index in [1.54, 1.807) is 0 Å². The molecule has 1 aromatic carbocycles. The summed E-state index contributed by atoms with van der Waals surface area (Å²) in [5.41, 5.74) is -0.533. The van der Waals surface area contributed by atoms with Crippen molar-refractivity contribution < 1.29 is 18.3 Å². The van der Waals surface area contributed by atoms with Crippen LogP contribution < -0.4 is 0 Å². The number of carbonyl (C=O) groups is 1. The number of carbonyl (C=O) groups excluding carboxylic acids is 1. The van der Waals surface area contributed by atoms with Gasteiger partial charge in [0.15, 0.2) is 5.78 Å². The van der Waals surface area contributed by atoms with Gasteiger partial charge in [-0.25, -0.2) is 8.78 Å². The number of Topliss-reactive ketones (excluding diaryl/α,β-unsaturated/α-hetero) is 1. The number of hydrogen-bond donors (Lipinski definition) is 0. The molecule has 2 nitrogen and oxygen atoms in total. The number of benzene rings is 1. The highest BCUT2D eigenvalue weighted by atomic mass is 19.1. The van der Waals surface area contributed by atoms with E-state index in [1.807, 2.05) is 6.92 Å². The van der Waals surface area contributed by atoms with E-state index in [2.05, 4.69) is 0 Å². The lowest BCUT2D eigenvalue weighted by atomic mass is 9.79. The van der Waals surface area contributed by atoms with Crippen molar-refractivity contribution in [1.82, 2.24) is 0 Å². The molecule has 0 unspecified atom stereocenters. The Balaban J connectivity index is 2.15. The third kappa shape index (κ3) is 3.23. The summed E-state index contributed by atoms with van der Waals surface area (Å²) >= 11 is 0. The van der Waals surface area contributed by atoms with Crippen LogP contribution >= 0.6 is 0 Å². The van der Waals surface area contributed by atoms with Gasteiger partial charge in [-0.3, -0.25) is 4.79 Å². The van der Waals surface area contributed by atoms with Gasteiger partial charge < -0.3 is 4.74 Å². The first kappa shape index (κ1) is 15.1. The van der Waals surface area contributed by atoms with Crippen LogP contribution in [0.25, 0.3) is 0 Å². The van der Waals surface area contributed by atoms with Gasteiger partial charge in [0.2, 0.25) is 0 Å². The lowest BCUT2D eigenvalue weighted by molar-refractivity contribution is -0.148. The van der Waals surface area contributed by atoms with Gasteiger partial charge in [0.25, 0.3) is 0 Å². The molecule has 0 N–H and O–H groups in total. The maximum absolute atomic E-state index is 13.7. The fraction of sp³-hybridized carbons (Fsp3) is 0.562. The van der Waals surface area contributed by atoms with Gasteiger partial charge in [-0.2, -0.15) is 0 Å². The molecule has 1 fully saturated rings. The molecule has 20 heavy (non-hydrogen) atoms. The van der Waals surface area contributed by atoms with E-state index in [0.29, 0.717) is 19.4 Å². The molecule has 1 saturated carbocycles. The molecule has 0 atom stereocenters. The van der Waals surface area contributed by atoms with Crippen molar-refractivity contribution in [3.05, 3.63) is 35.4 Å². The molecule has 1 aromatic rings. The first-order chi connectivity index (χ1) is 9.57. The van der Waals surface area contributed by atoms with Crippen molar-refractivity contribution >= 4 is 5.78 Å². The number of rotatable bonds is 5. The topological polar surface area (TPSA) is 26.3 Å². The van der Waals surface area contributed by atoms with Crippen molar-refractivity contribution in [2.24, 2.45) is 0 Å². The van der Waals surface area contributed by atoms with Crippen molar-refractivity contribution in [2.75, 3.05) is 6.61 Å². The number of hydrogen-bond acceptors (Lipinski definition) is 2. The molecule has 0 amide bonds. The molecular weight excluding hydrogens is 262 g/mol.